The van der Waals surface area contributed by atoms with Crippen LogP contribution in [0.3, 0.4) is 0 Å². The Morgan fingerprint density at radius 3 is 2.91 bits per heavy atom. The summed E-state index contributed by atoms with van der Waals surface area (Å²) < 4.78 is 38.5. The minimum absolute atomic E-state index is 0.174. The van der Waals surface area contributed by atoms with Crippen LogP contribution in [0.4, 0.5) is 5.69 Å². The highest BCUT2D eigenvalue weighted by Gasteiger charge is 2.24. The first-order valence-electron chi connectivity index (χ1n) is 6.83. The number of fused-ring (bicyclic) bond motifs is 3. The van der Waals surface area contributed by atoms with E-state index in [1.807, 2.05) is 0 Å². The largest absolute Gasteiger partial charge is 0.489 e. The summed E-state index contributed by atoms with van der Waals surface area (Å²) in [6.07, 6.45) is 1.92. The van der Waals surface area contributed by atoms with Gasteiger partial charge in [-0.15, -0.1) is 11.3 Å². The van der Waals surface area contributed by atoms with E-state index in [1.54, 1.807) is 17.5 Å². The topological polar surface area (TPSA) is 85.6 Å². The Morgan fingerprint density at radius 1 is 1.26 bits per heavy atom. The quantitative estimate of drug-likeness (QED) is 0.785. The van der Waals surface area contributed by atoms with Crippen molar-refractivity contribution in [2.24, 2.45) is 0 Å². The highest BCUT2D eigenvalue weighted by Crippen LogP contribution is 2.38. The smallest absolute Gasteiger partial charge is 0.271 e. The van der Waals surface area contributed by atoms with E-state index in [1.165, 1.54) is 18.4 Å². The molecule has 0 aliphatic carbocycles. The van der Waals surface area contributed by atoms with Crippen LogP contribution in [-0.2, 0) is 16.4 Å². The molecule has 0 fully saturated rings. The van der Waals surface area contributed by atoms with Gasteiger partial charge in [0.2, 0.25) is 0 Å². The monoisotopic (exact) mass is 349 g/mol. The second-order valence-electron chi connectivity index (χ2n) is 5.04. The number of rotatable bonds is 3. The van der Waals surface area contributed by atoms with E-state index in [2.05, 4.69) is 4.72 Å². The summed E-state index contributed by atoms with van der Waals surface area (Å²) in [7, 11) is -3.75. The maximum atomic E-state index is 12.5. The minimum atomic E-state index is -3.75. The zero-order chi connectivity index (χ0) is 16.0. The molecule has 0 unspecified atom stereocenters. The second kappa shape index (κ2) is 5.10. The summed E-state index contributed by atoms with van der Waals surface area (Å²) in [6, 6.07) is 6.07. The van der Waals surface area contributed by atoms with Crippen LogP contribution in [0, 0.1) is 0 Å². The van der Waals surface area contributed by atoms with Crippen LogP contribution >= 0.6 is 11.3 Å². The Bertz CT molecular complexity index is 1050. The van der Waals surface area contributed by atoms with Crippen molar-refractivity contribution in [1.29, 1.82) is 0 Å². The van der Waals surface area contributed by atoms with Gasteiger partial charge in [0.1, 0.15) is 4.21 Å². The Kier molecular flexibility index (Phi) is 3.17. The lowest BCUT2D eigenvalue weighted by molar-refractivity contribution is 0.354. The van der Waals surface area contributed by atoms with Gasteiger partial charge in [-0.1, -0.05) is 6.07 Å². The highest BCUT2D eigenvalue weighted by molar-refractivity contribution is 7.94. The van der Waals surface area contributed by atoms with Crippen LogP contribution in [0.2, 0.25) is 0 Å². The fourth-order valence-electron chi connectivity index (χ4n) is 2.60. The molecule has 0 spiro atoms. The molecule has 0 bridgehead atoms. The minimum Gasteiger partial charge on any atom is -0.489 e. The molecule has 23 heavy (non-hydrogen) atoms. The Morgan fingerprint density at radius 2 is 2.13 bits per heavy atom. The van der Waals surface area contributed by atoms with Gasteiger partial charge in [0.25, 0.3) is 10.0 Å². The number of benzene rings is 1. The summed E-state index contributed by atoms with van der Waals surface area (Å²) in [5.74, 6) is 0.511. The molecule has 4 rings (SSSR count). The standard InChI is InChI=1S/C15H11NO5S2/c17-11-4-6-21-15-13(11)10(8-9-3-5-20-14(9)15)16-23(18,19)12-2-1-7-22-12/h1-2,4,6-8,16H,3,5H2. The number of thiophene rings is 1. The van der Waals surface area contributed by atoms with E-state index in [4.69, 9.17) is 9.15 Å². The van der Waals surface area contributed by atoms with E-state index in [9.17, 15) is 13.2 Å². The lowest BCUT2D eigenvalue weighted by Gasteiger charge is -2.11. The Labute approximate surface area is 135 Å². The summed E-state index contributed by atoms with van der Waals surface area (Å²) in [5, 5.41) is 1.85. The number of hydrogen-bond donors (Lipinski definition) is 1. The molecule has 0 saturated carbocycles. The third-order valence-corrected chi connectivity index (χ3v) is 6.35. The average molecular weight is 349 g/mol. The van der Waals surface area contributed by atoms with E-state index in [0.29, 0.717) is 18.8 Å². The molecule has 1 aliphatic rings. The molecule has 118 valence electrons. The molecule has 6 nitrogen and oxygen atoms in total. The molecule has 0 amide bonds. The lowest BCUT2D eigenvalue weighted by Crippen LogP contribution is -2.14. The second-order valence-corrected chi connectivity index (χ2v) is 7.89. The predicted molar refractivity (Wildman–Crippen MR) is 86.8 cm³/mol. The van der Waals surface area contributed by atoms with Gasteiger partial charge >= 0.3 is 0 Å². The number of anilines is 1. The van der Waals surface area contributed by atoms with Crippen LogP contribution in [0.15, 0.2) is 49.3 Å². The van der Waals surface area contributed by atoms with Gasteiger partial charge in [-0.05, 0) is 17.5 Å². The molecule has 1 aromatic carbocycles. The van der Waals surface area contributed by atoms with Crippen molar-refractivity contribution in [1.82, 2.24) is 0 Å². The van der Waals surface area contributed by atoms with Crippen LogP contribution < -0.4 is 14.9 Å². The summed E-state index contributed by atoms with van der Waals surface area (Å²) >= 11 is 1.11. The van der Waals surface area contributed by atoms with Gasteiger partial charge in [-0.25, -0.2) is 8.42 Å². The van der Waals surface area contributed by atoms with Gasteiger partial charge < -0.3 is 9.15 Å². The van der Waals surface area contributed by atoms with E-state index < -0.39 is 10.0 Å². The number of hydrogen-bond acceptors (Lipinski definition) is 6. The van der Waals surface area contributed by atoms with Crippen molar-refractivity contribution >= 4 is 38.0 Å². The zero-order valence-electron chi connectivity index (χ0n) is 11.7. The van der Waals surface area contributed by atoms with Crippen molar-refractivity contribution < 1.29 is 17.6 Å². The van der Waals surface area contributed by atoms with Gasteiger partial charge in [0.05, 0.1) is 23.9 Å². The van der Waals surface area contributed by atoms with Crippen LogP contribution in [-0.4, -0.2) is 15.0 Å². The van der Waals surface area contributed by atoms with Crippen molar-refractivity contribution in [3.63, 3.8) is 0 Å². The molecular weight excluding hydrogens is 338 g/mol. The Hall–Kier alpha value is -2.32. The van der Waals surface area contributed by atoms with Crippen molar-refractivity contribution in [3.8, 4) is 5.75 Å². The maximum Gasteiger partial charge on any atom is 0.271 e. The molecule has 0 saturated heterocycles. The number of sulfonamides is 1. The Balaban J connectivity index is 1.95. The third kappa shape index (κ3) is 2.30. The van der Waals surface area contributed by atoms with Gasteiger partial charge in [0.15, 0.2) is 16.8 Å². The van der Waals surface area contributed by atoms with Crippen molar-refractivity contribution in [3.05, 3.63) is 51.7 Å². The molecule has 1 N–H and O–H groups in total. The molecule has 0 atom stereocenters. The fourth-order valence-corrected chi connectivity index (χ4v) is 4.65. The van der Waals surface area contributed by atoms with Crippen molar-refractivity contribution in [2.75, 3.05) is 11.3 Å². The van der Waals surface area contributed by atoms with E-state index in [0.717, 1.165) is 16.9 Å². The normalized spacial score (nSPS) is 13.7. The fraction of sp³-hybridized carbons (Fsp3) is 0.133. The molecular formula is C15H11NO5S2. The summed E-state index contributed by atoms with van der Waals surface area (Å²) in [5.41, 5.74) is 0.979. The first-order chi connectivity index (χ1) is 11.1. The van der Waals surface area contributed by atoms with Crippen LogP contribution in [0.25, 0.3) is 11.0 Å². The molecule has 8 heteroatoms. The summed E-state index contributed by atoms with van der Waals surface area (Å²) in [4.78, 5) is 12.2. The van der Waals surface area contributed by atoms with Crippen LogP contribution in [0.1, 0.15) is 5.56 Å². The van der Waals surface area contributed by atoms with Crippen molar-refractivity contribution in [2.45, 2.75) is 10.6 Å². The summed E-state index contributed by atoms with van der Waals surface area (Å²) in [6.45, 7) is 0.476. The van der Waals surface area contributed by atoms with Crippen LogP contribution in [0.5, 0.6) is 5.75 Å². The number of nitrogens with one attached hydrogen (secondary N) is 1. The SMILES string of the molecule is O=c1ccoc2c3c(cc(NS(=O)(=O)c4cccs4)c12)CCO3. The maximum absolute atomic E-state index is 12.5. The molecule has 1 aliphatic heterocycles. The van der Waals surface area contributed by atoms with Gasteiger partial charge in [-0.3, -0.25) is 9.52 Å². The first-order valence-corrected chi connectivity index (χ1v) is 9.19. The highest BCUT2D eigenvalue weighted by atomic mass is 32.2. The zero-order valence-corrected chi connectivity index (χ0v) is 13.4. The molecule has 3 aromatic rings. The number of ether oxygens (including phenoxy) is 1. The lowest BCUT2D eigenvalue weighted by atomic mass is 10.1. The third-order valence-electron chi connectivity index (χ3n) is 3.59. The van der Waals surface area contributed by atoms with E-state index >= 15 is 0 Å². The predicted octanol–water partition coefficient (Wildman–Crippen LogP) is 2.59. The molecule has 2 aromatic heterocycles. The molecule has 3 heterocycles. The van der Waals surface area contributed by atoms with Gasteiger partial charge in [0, 0.05) is 18.1 Å². The average Bonchev–Trinajstić information content (AvgIpc) is 3.18. The van der Waals surface area contributed by atoms with Gasteiger partial charge in [-0.2, -0.15) is 0 Å². The molecule has 0 radical (unpaired) electrons. The first kappa shape index (κ1) is 14.3. The van der Waals surface area contributed by atoms with E-state index in [-0.39, 0.29) is 26.3 Å².